The quantitative estimate of drug-likeness (QED) is 0.580. The first-order valence-corrected chi connectivity index (χ1v) is 4.56. The molecule has 1 aliphatic rings. The average molecular weight is 172 g/mol. The van der Waals surface area contributed by atoms with Crippen LogP contribution in [0.4, 0.5) is 0 Å². The van der Waals surface area contributed by atoms with E-state index in [0.29, 0.717) is 5.41 Å². The van der Waals surface area contributed by atoms with Gasteiger partial charge in [0.15, 0.2) is 0 Å². The molecule has 1 atom stereocenters. The highest BCUT2D eigenvalue weighted by Crippen LogP contribution is 2.17. The summed E-state index contributed by atoms with van der Waals surface area (Å²) in [6.45, 7) is 7.76. The van der Waals surface area contributed by atoms with Gasteiger partial charge in [-0.3, -0.25) is 0 Å². The first kappa shape index (κ1) is 9.96. The monoisotopic (exact) mass is 172 g/mol. The van der Waals surface area contributed by atoms with Crippen molar-refractivity contribution in [3.8, 4) is 0 Å². The van der Waals surface area contributed by atoms with Gasteiger partial charge in [0.05, 0.1) is 6.61 Å². The van der Waals surface area contributed by atoms with Gasteiger partial charge in [0.1, 0.15) is 0 Å². The van der Waals surface area contributed by atoms with E-state index in [-0.39, 0.29) is 12.6 Å². The van der Waals surface area contributed by atoms with Crippen molar-refractivity contribution in [2.45, 2.75) is 19.9 Å². The lowest BCUT2D eigenvalue weighted by Crippen LogP contribution is -2.39. The topological polar surface area (TPSA) is 35.5 Å². The van der Waals surface area contributed by atoms with Crippen LogP contribution in [0.1, 0.15) is 13.8 Å². The molecule has 0 aromatic rings. The summed E-state index contributed by atoms with van der Waals surface area (Å²) in [6.07, 6.45) is 0. The zero-order chi connectivity index (χ0) is 9.19. The Labute approximate surface area is 74.8 Å². The van der Waals surface area contributed by atoms with Crippen LogP contribution >= 0.6 is 0 Å². The van der Waals surface area contributed by atoms with Gasteiger partial charge in [-0.1, -0.05) is 13.8 Å². The number of hydrogen-bond acceptors (Lipinski definition) is 3. The molecule has 72 valence electrons. The van der Waals surface area contributed by atoms with Crippen LogP contribution < -0.4 is 5.32 Å². The lowest BCUT2D eigenvalue weighted by Gasteiger charge is -2.25. The number of rotatable bonds is 1. The second kappa shape index (κ2) is 3.73. The number of aliphatic hydroxyl groups is 1. The lowest BCUT2D eigenvalue weighted by molar-refractivity contribution is 0.209. The van der Waals surface area contributed by atoms with E-state index in [1.165, 1.54) is 0 Å². The van der Waals surface area contributed by atoms with E-state index in [0.717, 1.165) is 19.6 Å². The smallest absolute Gasteiger partial charge is 0.0597 e. The van der Waals surface area contributed by atoms with E-state index in [1.807, 2.05) is 0 Å². The molecule has 0 bridgehead atoms. The molecule has 2 N–H and O–H groups in total. The molecule has 0 aliphatic carbocycles. The van der Waals surface area contributed by atoms with E-state index in [4.69, 9.17) is 5.11 Å². The molecule has 1 saturated heterocycles. The molecule has 3 heteroatoms. The molecule has 1 fully saturated rings. The van der Waals surface area contributed by atoms with E-state index in [2.05, 4.69) is 31.1 Å². The lowest BCUT2D eigenvalue weighted by atomic mass is 9.93. The van der Waals surface area contributed by atoms with Gasteiger partial charge in [-0.25, -0.2) is 0 Å². The fraction of sp³-hybridized carbons (Fsp3) is 1.00. The molecule has 12 heavy (non-hydrogen) atoms. The Hall–Kier alpha value is -0.120. The van der Waals surface area contributed by atoms with E-state index in [1.54, 1.807) is 0 Å². The van der Waals surface area contributed by atoms with Gasteiger partial charge >= 0.3 is 0 Å². The zero-order valence-electron chi connectivity index (χ0n) is 8.30. The molecular weight excluding hydrogens is 152 g/mol. The number of nitrogens with zero attached hydrogens (tertiary/aromatic N) is 1. The highest BCUT2D eigenvalue weighted by molar-refractivity contribution is 4.83. The summed E-state index contributed by atoms with van der Waals surface area (Å²) in [6, 6.07) is 0.247. The largest absolute Gasteiger partial charge is 0.395 e. The SMILES string of the molecule is CN1CC(CO)NCC(C)(C)C1. The molecule has 0 aromatic carbocycles. The third-order valence-corrected chi connectivity index (χ3v) is 2.32. The third-order valence-electron chi connectivity index (χ3n) is 2.32. The van der Waals surface area contributed by atoms with Crippen molar-refractivity contribution in [2.24, 2.45) is 5.41 Å². The Bertz CT molecular complexity index is 147. The third kappa shape index (κ3) is 2.73. The van der Waals surface area contributed by atoms with Gasteiger partial charge < -0.3 is 15.3 Å². The normalized spacial score (nSPS) is 31.5. The Morgan fingerprint density at radius 1 is 1.58 bits per heavy atom. The number of nitrogens with one attached hydrogen (secondary N) is 1. The summed E-state index contributed by atoms with van der Waals surface area (Å²) in [5.74, 6) is 0. The highest BCUT2D eigenvalue weighted by atomic mass is 16.3. The second-order valence-corrected chi connectivity index (χ2v) is 4.62. The summed E-state index contributed by atoms with van der Waals surface area (Å²) in [7, 11) is 2.11. The minimum atomic E-state index is 0.237. The molecule has 3 nitrogen and oxygen atoms in total. The van der Waals surface area contributed by atoms with Crippen molar-refractivity contribution in [1.82, 2.24) is 10.2 Å². The summed E-state index contributed by atoms with van der Waals surface area (Å²) >= 11 is 0. The van der Waals surface area contributed by atoms with Gasteiger partial charge in [-0.05, 0) is 12.5 Å². The van der Waals surface area contributed by atoms with E-state index in [9.17, 15) is 0 Å². The Morgan fingerprint density at radius 3 is 2.83 bits per heavy atom. The molecule has 1 aliphatic heterocycles. The van der Waals surface area contributed by atoms with Gasteiger partial charge in [-0.15, -0.1) is 0 Å². The van der Waals surface area contributed by atoms with Crippen LogP contribution in [-0.4, -0.2) is 49.3 Å². The van der Waals surface area contributed by atoms with Crippen LogP contribution in [0.25, 0.3) is 0 Å². The summed E-state index contributed by atoms with van der Waals surface area (Å²) in [5, 5.41) is 12.4. The molecule has 0 amide bonds. The Balaban J connectivity index is 2.53. The first-order chi connectivity index (χ1) is 5.53. The highest BCUT2D eigenvalue weighted by Gasteiger charge is 2.26. The van der Waals surface area contributed by atoms with Gasteiger partial charge in [0.2, 0.25) is 0 Å². The summed E-state index contributed by atoms with van der Waals surface area (Å²) in [4.78, 5) is 2.28. The van der Waals surface area contributed by atoms with Gasteiger partial charge in [-0.2, -0.15) is 0 Å². The van der Waals surface area contributed by atoms with Crippen molar-refractivity contribution in [3.63, 3.8) is 0 Å². The molecule has 0 aromatic heterocycles. The minimum Gasteiger partial charge on any atom is -0.395 e. The average Bonchev–Trinajstić information content (AvgIpc) is 2.07. The second-order valence-electron chi connectivity index (χ2n) is 4.62. The van der Waals surface area contributed by atoms with Crippen LogP contribution in [0.2, 0.25) is 0 Å². The van der Waals surface area contributed by atoms with Crippen molar-refractivity contribution >= 4 is 0 Å². The predicted octanol–water partition coefficient (Wildman–Crippen LogP) is -0.0915. The van der Waals surface area contributed by atoms with Gasteiger partial charge in [0.25, 0.3) is 0 Å². The fourth-order valence-corrected chi connectivity index (χ4v) is 1.83. The number of likely N-dealkylation sites (N-methyl/N-ethyl adjacent to an activating group) is 1. The molecule has 1 rings (SSSR count). The Kier molecular flexibility index (Phi) is 3.09. The molecular formula is C9H20N2O. The summed E-state index contributed by atoms with van der Waals surface area (Å²) in [5.41, 5.74) is 0.318. The van der Waals surface area contributed by atoms with Crippen molar-refractivity contribution in [1.29, 1.82) is 0 Å². The molecule has 0 radical (unpaired) electrons. The molecule has 0 spiro atoms. The standard InChI is InChI=1S/C9H20N2O/c1-9(2)6-10-8(5-12)4-11(3)7-9/h8,10,12H,4-7H2,1-3H3. The Morgan fingerprint density at radius 2 is 2.25 bits per heavy atom. The fourth-order valence-electron chi connectivity index (χ4n) is 1.83. The van der Waals surface area contributed by atoms with Crippen LogP contribution in [0, 0.1) is 5.41 Å². The van der Waals surface area contributed by atoms with E-state index < -0.39 is 0 Å². The molecule has 0 saturated carbocycles. The van der Waals surface area contributed by atoms with Crippen molar-refractivity contribution in [2.75, 3.05) is 33.3 Å². The van der Waals surface area contributed by atoms with Crippen LogP contribution in [-0.2, 0) is 0 Å². The van der Waals surface area contributed by atoms with Crippen LogP contribution in [0.3, 0.4) is 0 Å². The van der Waals surface area contributed by atoms with Gasteiger partial charge in [0, 0.05) is 25.7 Å². The maximum atomic E-state index is 9.01. The van der Waals surface area contributed by atoms with Crippen LogP contribution in [0.5, 0.6) is 0 Å². The molecule has 1 heterocycles. The summed E-state index contributed by atoms with van der Waals surface area (Å²) < 4.78 is 0. The number of hydrogen-bond donors (Lipinski definition) is 2. The molecule has 1 unspecified atom stereocenters. The zero-order valence-corrected chi connectivity index (χ0v) is 8.30. The van der Waals surface area contributed by atoms with Crippen molar-refractivity contribution in [3.05, 3.63) is 0 Å². The maximum absolute atomic E-state index is 9.01. The predicted molar refractivity (Wildman–Crippen MR) is 50.2 cm³/mol. The number of aliphatic hydroxyl groups excluding tert-OH is 1. The van der Waals surface area contributed by atoms with Crippen molar-refractivity contribution < 1.29 is 5.11 Å². The van der Waals surface area contributed by atoms with E-state index >= 15 is 0 Å². The maximum Gasteiger partial charge on any atom is 0.0597 e. The first-order valence-electron chi connectivity index (χ1n) is 4.56. The van der Waals surface area contributed by atoms with Crippen LogP contribution in [0.15, 0.2) is 0 Å². The minimum absolute atomic E-state index is 0.237.